The Kier molecular flexibility index (Phi) is 6.11. The van der Waals surface area contributed by atoms with E-state index in [9.17, 15) is 13.2 Å². The van der Waals surface area contributed by atoms with Crippen LogP contribution >= 0.6 is 0 Å². The Labute approximate surface area is 178 Å². The van der Waals surface area contributed by atoms with Gasteiger partial charge in [0.2, 0.25) is 10.0 Å². The van der Waals surface area contributed by atoms with Gasteiger partial charge in [0.25, 0.3) is 0 Å². The number of carbonyl (C=O) groups is 1. The van der Waals surface area contributed by atoms with E-state index in [1.807, 2.05) is 30.3 Å². The van der Waals surface area contributed by atoms with E-state index in [4.69, 9.17) is 4.74 Å². The highest BCUT2D eigenvalue weighted by atomic mass is 32.2. The molecule has 2 unspecified atom stereocenters. The molecule has 2 aromatic rings. The number of likely N-dealkylation sites (tertiary alicyclic amines) is 1. The third-order valence-corrected chi connectivity index (χ3v) is 6.38. The number of piperidine rings is 1. The van der Waals surface area contributed by atoms with Crippen molar-refractivity contribution in [3.05, 3.63) is 60.2 Å². The second-order valence-electron chi connectivity index (χ2n) is 8.25. The summed E-state index contributed by atoms with van der Waals surface area (Å²) in [5.74, 6) is 0. The lowest BCUT2D eigenvalue weighted by molar-refractivity contribution is 0.0598. The smallest absolute Gasteiger partial charge is 0.410 e. The zero-order chi connectivity index (χ0) is 21.1. The number of nitrogens with zero attached hydrogens (tertiary/aromatic N) is 1. The minimum absolute atomic E-state index is 0.0165. The monoisotopic (exact) mass is 428 g/mol. The Morgan fingerprint density at radius 2 is 1.80 bits per heavy atom. The fourth-order valence-electron chi connectivity index (χ4n) is 4.09. The first kappa shape index (κ1) is 20.9. The molecule has 1 saturated carbocycles. The largest absolute Gasteiger partial charge is 0.446 e. The maximum atomic E-state index is 12.8. The molecule has 0 aromatic heterocycles. The Bertz CT molecular complexity index is 989. The van der Waals surface area contributed by atoms with Crippen LogP contribution in [0, 0.1) is 0 Å². The van der Waals surface area contributed by atoms with Crippen LogP contribution in [0.2, 0.25) is 0 Å². The van der Waals surface area contributed by atoms with Crippen LogP contribution in [0.4, 0.5) is 4.79 Å². The zero-order valence-electron chi connectivity index (χ0n) is 17.2. The van der Waals surface area contributed by atoms with Gasteiger partial charge in [0.1, 0.15) is 6.10 Å². The van der Waals surface area contributed by atoms with Crippen LogP contribution in [0.25, 0.3) is 11.1 Å². The summed E-state index contributed by atoms with van der Waals surface area (Å²) in [6.45, 7) is 0.580. The van der Waals surface area contributed by atoms with E-state index in [1.165, 1.54) is 6.26 Å². The third-order valence-electron chi connectivity index (χ3n) is 5.65. The number of hydrogen-bond donors (Lipinski definition) is 1. The molecule has 160 valence electrons. The van der Waals surface area contributed by atoms with E-state index in [0.29, 0.717) is 19.4 Å². The molecule has 0 bridgehead atoms. The standard InChI is InChI=1S/C23H28N2O4S/c1-30(27,28)24-21-11-6-14-25(23(26)29-20-12-13-20)22(21)16-17-7-5-10-19(15-17)18-8-3-2-4-9-18/h2-5,7-10,15,20-22,24H,6,11-14,16H2,1H3. The molecule has 4 rings (SSSR count). The number of benzene rings is 2. The summed E-state index contributed by atoms with van der Waals surface area (Å²) in [6, 6.07) is 17.7. The second kappa shape index (κ2) is 8.78. The fourth-order valence-corrected chi connectivity index (χ4v) is 4.92. The third kappa shape index (κ3) is 5.40. The maximum Gasteiger partial charge on any atom is 0.410 e. The first-order valence-electron chi connectivity index (χ1n) is 10.5. The van der Waals surface area contributed by atoms with Crippen molar-refractivity contribution in [2.45, 2.75) is 50.3 Å². The highest BCUT2D eigenvalue weighted by molar-refractivity contribution is 7.88. The molecule has 1 aliphatic carbocycles. The van der Waals surface area contributed by atoms with Gasteiger partial charge in [-0.2, -0.15) is 0 Å². The molecule has 2 aromatic carbocycles. The number of hydrogen-bond acceptors (Lipinski definition) is 4. The molecule has 2 atom stereocenters. The Balaban J connectivity index is 1.59. The van der Waals surface area contributed by atoms with Crippen molar-refractivity contribution in [3.63, 3.8) is 0 Å². The van der Waals surface area contributed by atoms with Crippen LogP contribution < -0.4 is 4.72 Å². The van der Waals surface area contributed by atoms with Gasteiger partial charge in [-0.3, -0.25) is 0 Å². The molecule has 1 N–H and O–H groups in total. The van der Waals surface area contributed by atoms with Crippen molar-refractivity contribution in [1.82, 2.24) is 9.62 Å². The number of nitrogens with one attached hydrogen (secondary N) is 1. The Hall–Kier alpha value is -2.38. The molecular weight excluding hydrogens is 400 g/mol. The van der Waals surface area contributed by atoms with Crippen molar-refractivity contribution < 1.29 is 17.9 Å². The van der Waals surface area contributed by atoms with Crippen LogP contribution in [0.15, 0.2) is 54.6 Å². The average molecular weight is 429 g/mol. The lowest BCUT2D eigenvalue weighted by Gasteiger charge is -2.40. The first-order valence-corrected chi connectivity index (χ1v) is 12.4. The van der Waals surface area contributed by atoms with Gasteiger partial charge in [0.15, 0.2) is 0 Å². The topological polar surface area (TPSA) is 75.7 Å². The van der Waals surface area contributed by atoms with Crippen molar-refractivity contribution in [3.8, 4) is 11.1 Å². The minimum atomic E-state index is -3.39. The summed E-state index contributed by atoms with van der Waals surface area (Å²) >= 11 is 0. The van der Waals surface area contributed by atoms with E-state index >= 15 is 0 Å². The van der Waals surface area contributed by atoms with Crippen LogP contribution in [-0.2, 0) is 21.2 Å². The molecule has 2 fully saturated rings. The van der Waals surface area contributed by atoms with Gasteiger partial charge in [-0.1, -0.05) is 54.6 Å². The van der Waals surface area contributed by atoms with E-state index in [2.05, 4.69) is 29.0 Å². The molecule has 0 radical (unpaired) electrons. The highest BCUT2D eigenvalue weighted by Crippen LogP contribution is 2.29. The predicted octanol–water partition coefficient (Wildman–Crippen LogP) is 3.58. The van der Waals surface area contributed by atoms with Crippen molar-refractivity contribution in [2.75, 3.05) is 12.8 Å². The van der Waals surface area contributed by atoms with Gasteiger partial charge in [0.05, 0.1) is 12.3 Å². The summed E-state index contributed by atoms with van der Waals surface area (Å²) in [6.07, 6.45) is 4.68. The molecule has 1 heterocycles. The molecule has 0 spiro atoms. The van der Waals surface area contributed by atoms with Crippen LogP contribution in [0.5, 0.6) is 0 Å². The molecular formula is C23H28N2O4S. The summed E-state index contributed by atoms with van der Waals surface area (Å²) in [5.41, 5.74) is 3.29. The van der Waals surface area contributed by atoms with E-state index in [1.54, 1.807) is 4.90 Å². The van der Waals surface area contributed by atoms with Gasteiger partial charge in [-0.25, -0.2) is 17.9 Å². The number of carbonyl (C=O) groups excluding carboxylic acids is 1. The van der Waals surface area contributed by atoms with Gasteiger partial charge >= 0.3 is 6.09 Å². The van der Waals surface area contributed by atoms with Gasteiger partial charge in [0, 0.05) is 12.6 Å². The van der Waals surface area contributed by atoms with E-state index < -0.39 is 10.0 Å². The van der Waals surface area contributed by atoms with Gasteiger partial charge in [-0.05, 0) is 48.8 Å². The molecule has 2 aliphatic rings. The van der Waals surface area contributed by atoms with Crippen LogP contribution in [0.3, 0.4) is 0 Å². The summed E-state index contributed by atoms with van der Waals surface area (Å²) in [5, 5.41) is 0. The molecule has 6 nitrogen and oxygen atoms in total. The number of sulfonamides is 1. The summed E-state index contributed by atoms with van der Waals surface area (Å²) in [4.78, 5) is 14.5. The number of ether oxygens (including phenoxy) is 1. The van der Waals surface area contributed by atoms with Gasteiger partial charge < -0.3 is 9.64 Å². The van der Waals surface area contributed by atoms with Crippen molar-refractivity contribution >= 4 is 16.1 Å². The zero-order valence-corrected chi connectivity index (χ0v) is 18.0. The maximum absolute atomic E-state index is 12.8. The quantitative estimate of drug-likeness (QED) is 0.763. The lowest BCUT2D eigenvalue weighted by Crippen LogP contribution is -2.57. The van der Waals surface area contributed by atoms with Crippen molar-refractivity contribution in [1.29, 1.82) is 0 Å². The second-order valence-corrected chi connectivity index (χ2v) is 10.0. The Morgan fingerprint density at radius 1 is 1.07 bits per heavy atom. The lowest BCUT2D eigenvalue weighted by atomic mass is 9.90. The van der Waals surface area contributed by atoms with Crippen molar-refractivity contribution in [2.24, 2.45) is 0 Å². The number of amides is 1. The molecule has 1 amide bonds. The number of rotatable bonds is 6. The fraction of sp³-hybridized carbons (Fsp3) is 0.435. The molecule has 30 heavy (non-hydrogen) atoms. The Morgan fingerprint density at radius 3 is 2.50 bits per heavy atom. The van der Waals surface area contributed by atoms with Crippen LogP contribution in [-0.4, -0.2) is 50.4 Å². The summed E-state index contributed by atoms with van der Waals surface area (Å²) < 4.78 is 32.2. The normalized spacial score (nSPS) is 22.0. The average Bonchev–Trinajstić information content (AvgIpc) is 3.53. The molecule has 1 aliphatic heterocycles. The molecule has 1 saturated heterocycles. The first-order chi connectivity index (χ1) is 14.4. The minimum Gasteiger partial charge on any atom is -0.446 e. The van der Waals surface area contributed by atoms with E-state index in [0.717, 1.165) is 36.0 Å². The van der Waals surface area contributed by atoms with E-state index in [-0.39, 0.29) is 24.3 Å². The van der Waals surface area contributed by atoms with Gasteiger partial charge in [-0.15, -0.1) is 0 Å². The predicted molar refractivity (Wildman–Crippen MR) is 117 cm³/mol. The SMILES string of the molecule is CS(=O)(=O)NC1CCCN(C(=O)OC2CC2)C1Cc1cccc(-c2ccccc2)c1. The van der Waals surface area contributed by atoms with Crippen LogP contribution in [0.1, 0.15) is 31.2 Å². The highest BCUT2D eigenvalue weighted by Gasteiger charge is 2.38. The molecule has 7 heteroatoms. The summed E-state index contributed by atoms with van der Waals surface area (Å²) in [7, 11) is -3.39.